The summed E-state index contributed by atoms with van der Waals surface area (Å²) in [5.74, 6) is 0. The van der Waals surface area contributed by atoms with Crippen LogP contribution in [0.1, 0.15) is 18.1 Å². The highest BCUT2D eigenvalue weighted by Crippen LogP contribution is 2.18. The van der Waals surface area contributed by atoms with Crippen molar-refractivity contribution in [1.29, 1.82) is 0 Å². The zero-order valence-electron chi connectivity index (χ0n) is 12.3. The molecule has 4 nitrogen and oxygen atoms in total. The van der Waals surface area contributed by atoms with Crippen molar-refractivity contribution in [3.8, 4) is 0 Å². The lowest BCUT2D eigenvalue weighted by atomic mass is 10.2. The van der Waals surface area contributed by atoms with Gasteiger partial charge in [0, 0.05) is 23.5 Å². The van der Waals surface area contributed by atoms with Crippen LogP contribution in [-0.4, -0.2) is 12.6 Å². The molecule has 0 unspecified atom stereocenters. The predicted octanol–water partition coefficient (Wildman–Crippen LogP) is 4.18. The maximum Gasteiger partial charge on any atom is 0.323 e. The number of hydrogen-bond donors (Lipinski definition) is 2. The van der Waals surface area contributed by atoms with Crippen molar-refractivity contribution in [3.05, 3.63) is 59.7 Å². The monoisotopic (exact) mass is 284 g/mol. The number of amides is 2. The highest BCUT2D eigenvalue weighted by molar-refractivity contribution is 6.00. The van der Waals surface area contributed by atoms with Crippen molar-refractivity contribution < 1.29 is 9.53 Å². The predicted molar refractivity (Wildman–Crippen MR) is 85.6 cm³/mol. The molecule has 0 aliphatic rings. The Morgan fingerprint density at radius 3 is 2.33 bits per heavy atom. The van der Waals surface area contributed by atoms with E-state index in [1.165, 1.54) is 0 Å². The third-order valence-electron chi connectivity index (χ3n) is 3.12. The molecule has 2 amide bonds. The Morgan fingerprint density at radius 1 is 1.00 bits per heavy atom. The molecule has 2 N–H and O–H groups in total. The van der Waals surface area contributed by atoms with Crippen molar-refractivity contribution in [3.63, 3.8) is 0 Å². The molecule has 4 heteroatoms. The van der Waals surface area contributed by atoms with Crippen LogP contribution < -0.4 is 10.6 Å². The van der Waals surface area contributed by atoms with Gasteiger partial charge >= 0.3 is 6.03 Å². The van der Waals surface area contributed by atoms with E-state index >= 15 is 0 Å². The van der Waals surface area contributed by atoms with Crippen LogP contribution in [0.15, 0.2) is 48.5 Å². The summed E-state index contributed by atoms with van der Waals surface area (Å²) in [6, 6.07) is 15.0. The molecule has 0 atom stereocenters. The number of anilines is 2. The second-order valence-corrected chi connectivity index (χ2v) is 4.69. The van der Waals surface area contributed by atoms with Crippen molar-refractivity contribution in [2.24, 2.45) is 0 Å². The molecule has 0 aliphatic heterocycles. The number of rotatable bonds is 5. The van der Waals surface area contributed by atoms with Gasteiger partial charge in [0.25, 0.3) is 0 Å². The first-order chi connectivity index (χ1) is 10.2. The maximum absolute atomic E-state index is 12.1. The molecule has 0 heterocycles. The Bertz CT molecular complexity index is 611. The fraction of sp³-hybridized carbons (Fsp3) is 0.235. The summed E-state index contributed by atoms with van der Waals surface area (Å²) in [6.45, 7) is 5.03. The zero-order chi connectivity index (χ0) is 15.1. The topological polar surface area (TPSA) is 50.4 Å². The summed E-state index contributed by atoms with van der Waals surface area (Å²) in [5.41, 5.74) is 3.55. The van der Waals surface area contributed by atoms with Crippen molar-refractivity contribution in [1.82, 2.24) is 0 Å². The molecule has 0 fully saturated rings. The second-order valence-electron chi connectivity index (χ2n) is 4.69. The summed E-state index contributed by atoms with van der Waals surface area (Å²) >= 11 is 0. The van der Waals surface area contributed by atoms with E-state index in [9.17, 15) is 4.79 Å². The molecule has 0 spiro atoms. The minimum Gasteiger partial charge on any atom is -0.377 e. The van der Waals surface area contributed by atoms with E-state index in [1.807, 2.05) is 62.4 Å². The molecule has 2 rings (SSSR count). The molecule has 0 saturated carbocycles. The highest BCUT2D eigenvalue weighted by Gasteiger charge is 2.07. The number of urea groups is 1. The van der Waals surface area contributed by atoms with Crippen LogP contribution in [0, 0.1) is 6.92 Å². The number of aryl methyl sites for hydroxylation is 1. The van der Waals surface area contributed by atoms with E-state index in [2.05, 4.69) is 10.6 Å². The van der Waals surface area contributed by atoms with Crippen LogP contribution in [-0.2, 0) is 11.3 Å². The van der Waals surface area contributed by atoms with Gasteiger partial charge in [-0.05, 0) is 31.5 Å². The SMILES string of the molecule is CCOCc1ccccc1NC(=O)Nc1ccccc1C. The highest BCUT2D eigenvalue weighted by atomic mass is 16.5. The van der Waals surface area contributed by atoms with Gasteiger partial charge < -0.3 is 15.4 Å². The van der Waals surface area contributed by atoms with Gasteiger partial charge in [-0.25, -0.2) is 4.79 Å². The van der Waals surface area contributed by atoms with Gasteiger partial charge in [0.2, 0.25) is 0 Å². The number of benzene rings is 2. The average molecular weight is 284 g/mol. The molecule has 0 aromatic heterocycles. The number of carbonyl (C=O) groups excluding carboxylic acids is 1. The quantitative estimate of drug-likeness (QED) is 0.865. The van der Waals surface area contributed by atoms with Crippen LogP contribution >= 0.6 is 0 Å². The number of carbonyl (C=O) groups is 1. The minimum atomic E-state index is -0.256. The van der Waals surface area contributed by atoms with E-state index in [0.717, 1.165) is 22.5 Å². The molecule has 2 aromatic rings. The first kappa shape index (κ1) is 15.1. The van der Waals surface area contributed by atoms with Gasteiger partial charge in [-0.15, -0.1) is 0 Å². The largest absolute Gasteiger partial charge is 0.377 e. The van der Waals surface area contributed by atoms with Gasteiger partial charge in [-0.1, -0.05) is 36.4 Å². The van der Waals surface area contributed by atoms with E-state index in [0.29, 0.717) is 13.2 Å². The first-order valence-corrected chi connectivity index (χ1v) is 7.00. The number of nitrogens with one attached hydrogen (secondary N) is 2. The second kappa shape index (κ2) is 7.45. The van der Waals surface area contributed by atoms with Gasteiger partial charge in [0.05, 0.1) is 6.61 Å². The molecule has 0 aliphatic carbocycles. The molecular weight excluding hydrogens is 264 g/mol. The number of para-hydroxylation sites is 2. The molecular formula is C17H20N2O2. The van der Waals surface area contributed by atoms with Crippen LogP contribution in [0.5, 0.6) is 0 Å². The number of ether oxygens (including phenoxy) is 1. The van der Waals surface area contributed by atoms with E-state index in [1.54, 1.807) is 0 Å². The molecule has 21 heavy (non-hydrogen) atoms. The third kappa shape index (κ3) is 4.33. The summed E-state index contributed by atoms with van der Waals surface area (Å²) in [6.07, 6.45) is 0. The Labute approximate surface area is 125 Å². The third-order valence-corrected chi connectivity index (χ3v) is 3.12. The zero-order valence-corrected chi connectivity index (χ0v) is 12.3. The lowest BCUT2D eigenvalue weighted by molar-refractivity contribution is 0.134. The standard InChI is InChI=1S/C17H20N2O2/c1-3-21-12-14-9-5-7-11-16(14)19-17(20)18-15-10-6-4-8-13(15)2/h4-11H,3,12H2,1-2H3,(H2,18,19,20). The van der Waals surface area contributed by atoms with Crippen molar-refractivity contribution in [2.75, 3.05) is 17.2 Å². The lowest BCUT2D eigenvalue weighted by Gasteiger charge is -2.13. The van der Waals surface area contributed by atoms with E-state index in [-0.39, 0.29) is 6.03 Å². The minimum absolute atomic E-state index is 0.256. The summed E-state index contributed by atoms with van der Waals surface area (Å²) < 4.78 is 5.41. The smallest absolute Gasteiger partial charge is 0.323 e. The van der Waals surface area contributed by atoms with Crippen LogP contribution in [0.2, 0.25) is 0 Å². The molecule has 110 valence electrons. The molecule has 0 radical (unpaired) electrons. The lowest BCUT2D eigenvalue weighted by Crippen LogP contribution is -2.20. The van der Waals surface area contributed by atoms with Crippen LogP contribution in [0.3, 0.4) is 0 Å². The first-order valence-electron chi connectivity index (χ1n) is 7.00. The summed E-state index contributed by atoms with van der Waals surface area (Å²) in [5, 5.41) is 5.72. The fourth-order valence-corrected chi connectivity index (χ4v) is 1.97. The van der Waals surface area contributed by atoms with Gasteiger partial charge in [-0.3, -0.25) is 0 Å². The fourth-order valence-electron chi connectivity index (χ4n) is 1.97. The van der Waals surface area contributed by atoms with Gasteiger partial charge in [0.1, 0.15) is 0 Å². The van der Waals surface area contributed by atoms with Crippen LogP contribution in [0.25, 0.3) is 0 Å². The summed E-state index contributed by atoms with van der Waals surface area (Å²) in [7, 11) is 0. The van der Waals surface area contributed by atoms with Crippen LogP contribution in [0.4, 0.5) is 16.2 Å². The molecule has 0 bridgehead atoms. The van der Waals surface area contributed by atoms with Gasteiger partial charge in [-0.2, -0.15) is 0 Å². The maximum atomic E-state index is 12.1. The van der Waals surface area contributed by atoms with E-state index < -0.39 is 0 Å². The summed E-state index contributed by atoms with van der Waals surface area (Å²) in [4.78, 5) is 12.1. The molecule has 2 aromatic carbocycles. The normalized spacial score (nSPS) is 10.2. The Morgan fingerprint density at radius 2 is 1.62 bits per heavy atom. The Kier molecular flexibility index (Phi) is 5.35. The average Bonchev–Trinajstić information content (AvgIpc) is 2.49. The van der Waals surface area contributed by atoms with Gasteiger partial charge in [0.15, 0.2) is 0 Å². The Balaban J connectivity index is 2.04. The van der Waals surface area contributed by atoms with E-state index in [4.69, 9.17) is 4.74 Å². The number of hydrogen-bond acceptors (Lipinski definition) is 2. The van der Waals surface area contributed by atoms with Crippen molar-refractivity contribution >= 4 is 17.4 Å². The molecule has 0 saturated heterocycles. The Hall–Kier alpha value is -2.33. The van der Waals surface area contributed by atoms with Crippen molar-refractivity contribution in [2.45, 2.75) is 20.5 Å².